The predicted molar refractivity (Wildman–Crippen MR) is 70.8 cm³/mol. The topological polar surface area (TPSA) is 57.5 Å². The van der Waals surface area contributed by atoms with Gasteiger partial charge in [0.2, 0.25) is 0 Å². The Balaban J connectivity index is 2.39. The molecule has 0 aliphatic carbocycles. The average molecular weight is 265 g/mol. The van der Waals surface area contributed by atoms with Gasteiger partial charge in [-0.25, -0.2) is 0 Å². The van der Waals surface area contributed by atoms with Crippen molar-refractivity contribution in [2.45, 2.75) is 18.9 Å². The van der Waals surface area contributed by atoms with Crippen LogP contribution in [0.2, 0.25) is 5.02 Å². The monoisotopic (exact) mass is 264 g/mol. The van der Waals surface area contributed by atoms with E-state index in [-0.39, 0.29) is 12.8 Å². The summed E-state index contributed by atoms with van der Waals surface area (Å²) >= 11 is 6.09. The molecule has 3 nitrogen and oxygen atoms in total. The van der Waals surface area contributed by atoms with E-state index < -0.39 is 12.1 Å². The maximum absolute atomic E-state index is 10.5. The molecule has 0 spiro atoms. The van der Waals surface area contributed by atoms with Crippen LogP contribution in [0.25, 0.3) is 10.8 Å². The van der Waals surface area contributed by atoms with Gasteiger partial charge in [-0.1, -0.05) is 41.9 Å². The smallest absolute Gasteiger partial charge is 0.303 e. The fraction of sp³-hybridized carbons (Fsp3) is 0.214. The lowest BCUT2D eigenvalue weighted by atomic mass is 9.98. The van der Waals surface area contributed by atoms with Crippen LogP contribution in [-0.2, 0) is 4.79 Å². The first kappa shape index (κ1) is 12.9. The number of aliphatic hydroxyl groups excluding tert-OH is 1. The molecule has 1 atom stereocenters. The van der Waals surface area contributed by atoms with E-state index in [1.807, 2.05) is 24.3 Å². The average Bonchev–Trinajstić information content (AvgIpc) is 2.37. The highest BCUT2D eigenvalue weighted by atomic mass is 35.5. The molecule has 2 aromatic carbocycles. The number of carboxylic acids is 1. The first-order valence-electron chi connectivity index (χ1n) is 5.66. The summed E-state index contributed by atoms with van der Waals surface area (Å²) in [5, 5.41) is 21.0. The Morgan fingerprint density at radius 3 is 2.50 bits per heavy atom. The van der Waals surface area contributed by atoms with Crippen molar-refractivity contribution in [1.82, 2.24) is 0 Å². The van der Waals surface area contributed by atoms with Crippen molar-refractivity contribution in [2.24, 2.45) is 0 Å². The number of benzene rings is 2. The van der Waals surface area contributed by atoms with E-state index in [0.717, 1.165) is 16.3 Å². The van der Waals surface area contributed by atoms with Gasteiger partial charge < -0.3 is 10.2 Å². The third kappa shape index (κ3) is 2.63. The van der Waals surface area contributed by atoms with Crippen LogP contribution in [0.3, 0.4) is 0 Å². The number of aliphatic hydroxyl groups is 1. The molecule has 0 unspecified atom stereocenters. The van der Waals surface area contributed by atoms with Crippen LogP contribution in [0.5, 0.6) is 0 Å². The van der Waals surface area contributed by atoms with E-state index >= 15 is 0 Å². The molecule has 94 valence electrons. The Bertz CT molecular complexity index is 580. The Morgan fingerprint density at radius 1 is 1.17 bits per heavy atom. The molecule has 0 aliphatic rings. The maximum atomic E-state index is 10.5. The second kappa shape index (κ2) is 5.38. The lowest BCUT2D eigenvalue weighted by Gasteiger charge is -2.13. The molecule has 0 bridgehead atoms. The molecule has 0 aromatic heterocycles. The standard InChI is InChI=1S/C14H13ClO3/c15-12-6-5-11(13(16)7-8-14(17)18)9-3-1-2-4-10(9)12/h1-6,13,16H,7-8H2,(H,17,18)/t13-/m0/s1. The molecule has 18 heavy (non-hydrogen) atoms. The number of hydrogen-bond donors (Lipinski definition) is 2. The van der Waals surface area contributed by atoms with Crippen molar-refractivity contribution in [2.75, 3.05) is 0 Å². The van der Waals surface area contributed by atoms with Crippen molar-refractivity contribution in [1.29, 1.82) is 0 Å². The van der Waals surface area contributed by atoms with Gasteiger partial charge in [0.05, 0.1) is 6.10 Å². The second-order valence-corrected chi connectivity index (χ2v) is 4.54. The molecule has 0 aliphatic heterocycles. The molecule has 2 rings (SSSR count). The molecule has 0 saturated carbocycles. The summed E-state index contributed by atoms with van der Waals surface area (Å²) in [6.07, 6.45) is -0.651. The molecule has 4 heteroatoms. The normalized spacial score (nSPS) is 12.6. The number of hydrogen-bond acceptors (Lipinski definition) is 2. The van der Waals surface area contributed by atoms with E-state index in [1.54, 1.807) is 12.1 Å². The fourth-order valence-corrected chi connectivity index (χ4v) is 2.22. The molecule has 0 amide bonds. The van der Waals surface area contributed by atoms with Crippen LogP contribution >= 0.6 is 11.6 Å². The fourth-order valence-electron chi connectivity index (χ4n) is 1.99. The summed E-state index contributed by atoms with van der Waals surface area (Å²) in [5.41, 5.74) is 0.719. The summed E-state index contributed by atoms with van der Waals surface area (Å²) in [6, 6.07) is 11.0. The van der Waals surface area contributed by atoms with Crippen LogP contribution in [0.1, 0.15) is 24.5 Å². The molecule has 0 heterocycles. The third-order valence-corrected chi connectivity index (χ3v) is 3.22. The quantitative estimate of drug-likeness (QED) is 0.890. The molecular formula is C14H13ClO3. The highest BCUT2D eigenvalue weighted by molar-refractivity contribution is 6.35. The summed E-state index contributed by atoms with van der Waals surface area (Å²) in [5.74, 6) is -0.910. The highest BCUT2D eigenvalue weighted by Gasteiger charge is 2.13. The third-order valence-electron chi connectivity index (χ3n) is 2.90. The van der Waals surface area contributed by atoms with Crippen molar-refractivity contribution < 1.29 is 15.0 Å². The zero-order valence-corrected chi connectivity index (χ0v) is 10.4. The number of halogens is 1. The zero-order chi connectivity index (χ0) is 13.1. The van der Waals surface area contributed by atoms with Crippen LogP contribution in [0, 0.1) is 0 Å². The Labute approximate surface area is 110 Å². The molecule has 0 radical (unpaired) electrons. The van der Waals surface area contributed by atoms with Gasteiger partial charge in [-0.15, -0.1) is 0 Å². The summed E-state index contributed by atoms with van der Waals surface area (Å²) in [6.45, 7) is 0. The number of carboxylic acid groups (broad SMARTS) is 1. The van der Waals surface area contributed by atoms with Gasteiger partial charge in [0.25, 0.3) is 0 Å². The van der Waals surface area contributed by atoms with E-state index in [2.05, 4.69) is 0 Å². The zero-order valence-electron chi connectivity index (χ0n) is 9.64. The van der Waals surface area contributed by atoms with Gasteiger partial charge in [0.1, 0.15) is 0 Å². The lowest BCUT2D eigenvalue weighted by Crippen LogP contribution is -2.03. The van der Waals surface area contributed by atoms with Crippen molar-refractivity contribution >= 4 is 28.3 Å². The van der Waals surface area contributed by atoms with Gasteiger partial charge in [-0.3, -0.25) is 4.79 Å². The Hall–Kier alpha value is -1.58. The van der Waals surface area contributed by atoms with Crippen LogP contribution in [0.4, 0.5) is 0 Å². The predicted octanol–water partition coefficient (Wildman–Crippen LogP) is 3.39. The molecule has 2 N–H and O–H groups in total. The van der Waals surface area contributed by atoms with Gasteiger partial charge in [-0.2, -0.15) is 0 Å². The Morgan fingerprint density at radius 2 is 1.83 bits per heavy atom. The minimum Gasteiger partial charge on any atom is -0.481 e. The number of rotatable bonds is 4. The summed E-state index contributed by atoms with van der Waals surface area (Å²) in [4.78, 5) is 10.5. The molecular weight excluding hydrogens is 252 g/mol. The SMILES string of the molecule is O=C(O)CC[C@H](O)c1ccc(Cl)c2ccccc12. The lowest BCUT2D eigenvalue weighted by molar-refractivity contribution is -0.137. The van der Waals surface area contributed by atoms with E-state index in [9.17, 15) is 9.90 Å². The van der Waals surface area contributed by atoms with Gasteiger partial charge in [-0.05, 0) is 23.4 Å². The van der Waals surface area contributed by atoms with E-state index in [1.165, 1.54) is 0 Å². The summed E-state index contributed by atoms with van der Waals surface area (Å²) in [7, 11) is 0. The van der Waals surface area contributed by atoms with E-state index in [4.69, 9.17) is 16.7 Å². The first-order chi connectivity index (χ1) is 8.59. The highest BCUT2D eigenvalue weighted by Crippen LogP contribution is 2.31. The minimum atomic E-state index is -0.910. The minimum absolute atomic E-state index is 0.0574. The van der Waals surface area contributed by atoms with Crippen LogP contribution in [0.15, 0.2) is 36.4 Å². The second-order valence-electron chi connectivity index (χ2n) is 4.13. The van der Waals surface area contributed by atoms with Crippen molar-refractivity contribution in [3.05, 3.63) is 47.0 Å². The first-order valence-corrected chi connectivity index (χ1v) is 6.04. The maximum Gasteiger partial charge on any atom is 0.303 e. The van der Waals surface area contributed by atoms with E-state index in [0.29, 0.717) is 5.02 Å². The van der Waals surface area contributed by atoms with Gasteiger partial charge in [0.15, 0.2) is 0 Å². The van der Waals surface area contributed by atoms with Gasteiger partial charge >= 0.3 is 5.97 Å². The Kier molecular flexibility index (Phi) is 3.84. The molecule has 2 aromatic rings. The van der Waals surface area contributed by atoms with Gasteiger partial charge in [0, 0.05) is 16.8 Å². The van der Waals surface area contributed by atoms with Crippen molar-refractivity contribution in [3.8, 4) is 0 Å². The number of fused-ring (bicyclic) bond motifs is 1. The molecule has 0 saturated heterocycles. The summed E-state index contributed by atoms with van der Waals surface area (Å²) < 4.78 is 0. The van der Waals surface area contributed by atoms with Crippen LogP contribution in [-0.4, -0.2) is 16.2 Å². The largest absolute Gasteiger partial charge is 0.481 e. The number of carbonyl (C=O) groups is 1. The van der Waals surface area contributed by atoms with Crippen LogP contribution < -0.4 is 0 Å². The number of aliphatic carboxylic acids is 1. The van der Waals surface area contributed by atoms with Crippen molar-refractivity contribution in [3.63, 3.8) is 0 Å². The molecule has 0 fully saturated rings.